The van der Waals surface area contributed by atoms with E-state index in [0.29, 0.717) is 12.1 Å². The number of carbonyl (C=O) groups is 3. The second-order valence-electron chi connectivity index (χ2n) is 5.23. The summed E-state index contributed by atoms with van der Waals surface area (Å²) < 4.78 is 5.35. The normalized spacial score (nSPS) is 11.3. The molecule has 0 aromatic heterocycles. The molecule has 2 N–H and O–H groups in total. The second-order valence-corrected chi connectivity index (χ2v) is 6.28. The molecule has 2 rings (SSSR count). The molecule has 2 aromatic rings. The minimum atomic E-state index is -1.19. The molecule has 0 radical (unpaired) electrons. The fourth-order valence-corrected chi connectivity index (χ4v) is 2.81. The number of carbonyl (C=O) groups excluding carboxylic acids is 3. The van der Waals surface area contributed by atoms with E-state index in [1.807, 2.05) is 30.3 Å². The molecule has 26 heavy (non-hydrogen) atoms. The van der Waals surface area contributed by atoms with Crippen molar-refractivity contribution < 1.29 is 19.1 Å². The van der Waals surface area contributed by atoms with Crippen LogP contribution in [0.4, 0.5) is 4.79 Å². The van der Waals surface area contributed by atoms with E-state index in [1.165, 1.54) is 11.8 Å². The average molecular weight is 372 g/mol. The second kappa shape index (κ2) is 10.2. The Labute approximate surface area is 156 Å². The molecule has 3 amide bonds. The predicted molar refractivity (Wildman–Crippen MR) is 99.7 cm³/mol. The third-order valence-corrected chi connectivity index (χ3v) is 4.25. The van der Waals surface area contributed by atoms with E-state index in [0.717, 1.165) is 4.90 Å². The molecular formula is C19H20N2O4S. The maximum absolute atomic E-state index is 12.4. The Balaban J connectivity index is 2.02. The highest BCUT2D eigenvalue weighted by molar-refractivity contribution is 8.00. The number of rotatable bonds is 7. The SMILES string of the molecule is CCNC(=O)NC(=O)C(OC(=O)CSc1ccccc1)c1ccccc1. The first-order chi connectivity index (χ1) is 12.6. The molecule has 0 spiro atoms. The van der Waals surface area contributed by atoms with Crippen LogP contribution in [0.15, 0.2) is 65.6 Å². The van der Waals surface area contributed by atoms with E-state index in [2.05, 4.69) is 10.6 Å². The Hall–Kier alpha value is -2.80. The van der Waals surface area contributed by atoms with Gasteiger partial charge in [-0.05, 0) is 19.1 Å². The van der Waals surface area contributed by atoms with Gasteiger partial charge in [0.25, 0.3) is 5.91 Å². The largest absolute Gasteiger partial charge is 0.447 e. The maximum Gasteiger partial charge on any atom is 0.321 e. The number of imide groups is 1. The van der Waals surface area contributed by atoms with E-state index >= 15 is 0 Å². The van der Waals surface area contributed by atoms with E-state index in [9.17, 15) is 14.4 Å². The first kappa shape index (κ1) is 19.5. The van der Waals surface area contributed by atoms with Gasteiger partial charge < -0.3 is 10.1 Å². The molecule has 136 valence electrons. The van der Waals surface area contributed by atoms with E-state index in [4.69, 9.17) is 4.74 Å². The molecule has 0 saturated heterocycles. The minimum Gasteiger partial charge on any atom is -0.447 e. The van der Waals surface area contributed by atoms with Crippen molar-refractivity contribution in [2.45, 2.75) is 17.9 Å². The number of hydrogen-bond donors (Lipinski definition) is 2. The van der Waals surface area contributed by atoms with E-state index in [-0.39, 0.29) is 5.75 Å². The lowest BCUT2D eigenvalue weighted by molar-refractivity contribution is -0.153. The van der Waals surface area contributed by atoms with Crippen LogP contribution in [0.3, 0.4) is 0 Å². The van der Waals surface area contributed by atoms with Crippen molar-refractivity contribution >= 4 is 29.7 Å². The van der Waals surface area contributed by atoms with Gasteiger partial charge in [0.05, 0.1) is 5.75 Å². The van der Waals surface area contributed by atoms with Crippen LogP contribution in [0.2, 0.25) is 0 Å². The molecule has 6 nitrogen and oxygen atoms in total. The number of thioether (sulfide) groups is 1. The van der Waals surface area contributed by atoms with Crippen LogP contribution >= 0.6 is 11.8 Å². The molecular weight excluding hydrogens is 352 g/mol. The maximum atomic E-state index is 12.4. The Morgan fingerprint density at radius 1 is 1.00 bits per heavy atom. The zero-order chi connectivity index (χ0) is 18.8. The molecule has 7 heteroatoms. The lowest BCUT2D eigenvalue weighted by Crippen LogP contribution is -2.42. The van der Waals surface area contributed by atoms with Gasteiger partial charge >= 0.3 is 12.0 Å². The van der Waals surface area contributed by atoms with Gasteiger partial charge in [-0.1, -0.05) is 48.5 Å². The summed E-state index contributed by atoms with van der Waals surface area (Å²) in [5.41, 5.74) is 0.493. The van der Waals surface area contributed by atoms with Crippen LogP contribution in [-0.4, -0.2) is 30.2 Å². The molecule has 0 aliphatic rings. The third-order valence-electron chi connectivity index (χ3n) is 3.26. The molecule has 0 aliphatic carbocycles. The van der Waals surface area contributed by atoms with Gasteiger partial charge in [-0.15, -0.1) is 11.8 Å². The van der Waals surface area contributed by atoms with Crippen LogP contribution in [0.5, 0.6) is 0 Å². The quantitative estimate of drug-likeness (QED) is 0.577. The number of urea groups is 1. The van der Waals surface area contributed by atoms with Crippen LogP contribution in [0.1, 0.15) is 18.6 Å². The zero-order valence-corrected chi connectivity index (χ0v) is 15.1. The highest BCUT2D eigenvalue weighted by Crippen LogP contribution is 2.21. The number of hydrogen-bond acceptors (Lipinski definition) is 5. The Kier molecular flexibility index (Phi) is 7.70. The molecule has 0 aliphatic heterocycles. The molecule has 1 unspecified atom stereocenters. The first-order valence-electron chi connectivity index (χ1n) is 8.11. The summed E-state index contributed by atoms with van der Waals surface area (Å²) in [4.78, 5) is 37.1. The molecule has 0 saturated carbocycles. The molecule has 1 atom stereocenters. The van der Waals surface area contributed by atoms with Crippen molar-refractivity contribution in [3.8, 4) is 0 Å². The smallest absolute Gasteiger partial charge is 0.321 e. The van der Waals surface area contributed by atoms with Gasteiger partial charge in [0.15, 0.2) is 0 Å². The standard InChI is InChI=1S/C19H20N2O4S/c1-2-20-19(24)21-18(23)17(14-9-5-3-6-10-14)25-16(22)13-26-15-11-7-4-8-12-15/h3-12,17H,2,13H2,1H3,(H2,20,21,23,24). The summed E-state index contributed by atoms with van der Waals surface area (Å²) in [6, 6.07) is 17.4. The van der Waals surface area contributed by atoms with Gasteiger partial charge in [-0.3, -0.25) is 14.9 Å². The summed E-state index contributed by atoms with van der Waals surface area (Å²) >= 11 is 1.31. The molecule has 2 aromatic carbocycles. The van der Waals surface area contributed by atoms with Gasteiger partial charge in [-0.2, -0.15) is 0 Å². The van der Waals surface area contributed by atoms with Gasteiger partial charge in [0.1, 0.15) is 0 Å². The van der Waals surface area contributed by atoms with E-state index in [1.54, 1.807) is 37.3 Å². The minimum absolute atomic E-state index is 0.0573. The molecule has 0 bridgehead atoms. The van der Waals surface area contributed by atoms with Crippen molar-refractivity contribution in [1.82, 2.24) is 10.6 Å². The molecule has 0 heterocycles. The number of ether oxygens (including phenoxy) is 1. The Morgan fingerprint density at radius 3 is 2.23 bits per heavy atom. The fourth-order valence-electron chi connectivity index (χ4n) is 2.11. The number of amides is 3. The van der Waals surface area contributed by atoms with E-state index < -0.39 is 24.0 Å². The third kappa shape index (κ3) is 6.25. The van der Waals surface area contributed by atoms with Crippen LogP contribution in [-0.2, 0) is 14.3 Å². The lowest BCUT2D eigenvalue weighted by Gasteiger charge is -2.17. The fraction of sp³-hybridized carbons (Fsp3) is 0.211. The summed E-state index contributed by atoms with van der Waals surface area (Å²) in [5, 5.41) is 4.65. The summed E-state index contributed by atoms with van der Waals surface area (Å²) in [6.45, 7) is 2.11. The van der Waals surface area contributed by atoms with Crippen LogP contribution in [0.25, 0.3) is 0 Å². The van der Waals surface area contributed by atoms with Crippen LogP contribution < -0.4 is 10.6 Å². The van der Waals surface area contributed by atoms with Crippen molar-refractivity contribution in [3.63, 3.8) is 0 Å². The number of nitrogens with one attached hydrogen (secondary N) is 2. The highest BCUT2D eigenvalue weighted by atomic mass is 32.2. The summed E-state index contributed by atoms with van der Waals surface area (Å²) in [7, 11) is 0. The van der Waals surface area contributed by atoms with Crippen molar-refractivity contribution in [2.24, 2.45) is 0 Å². The number of benzene rings is 2. The summed E-state index contributed by atoms with van der Waals surface area (Å²) in [5.74, 6) is -1.18. The zero-order valence-electron chi connectivity index (χ0n) is 14.3. The van der Waals surface area contributed by atoms with Crippen molar-refractivity contribution in [1.29, 1.82) is 0 Å². The lowest BCUT2D eigenvalue weighted by atomic mass is 10.1. The van der Waals surface area contributed by atoms with Gasteiger partial charge in [0, 0.05) is 17.0 Å². The summed E-state index contributed by atoms with van der Waals surface area (Å²) in [6.07, 6.45) is -1.19. The Morgan fingerprint density at radius 2 is 1.62 bits per heavy atom. The molecule has 0 fully saturated rings. The van der Waals surface area contributed by atoms with Gasteiger partial charge in [-0.25, -0.2) is 4.79 Å². The average Bonchev–Trinajstić information content (AvgIpc) is 2.66. The van der Waals surface area contributed by atoms with Crippen molar-refractivity contribution in [2.75, 3.05) is 12.3 Å². The predicted octanol–water partition coefficient (Wildman–Crippen LogP) is 2.91. The Bertz CT molecular complexity index is 738. The monoisotopic (exact) mass is 372 g/mol. The van der Waals surface area contributed by atoms with Crippen molar-refractivity contribution in [3.05, 3.63) is 66.2 Å². The first-order valence-corrected chi connectivity index (χ1v) is 9.09. The van der Waals surface area contributed by atoms with Crippen LogP contribution in [0, 0.1) is 0 Å². The topological polar surface area (TPSA) is 84.5 Å². The van der Waals surface area contributed by atoms with Gasteiger partial charge in [0.2, 0.25) is 6.10 Å². The highest BCUT2D eigenvalue weighted by Gasteiger charge is 2.26. The number of esters is 1.